The molecule has 0 fully saturated rings. The lowest BCUT2D eigenvalue weighted by atomic mass is 10.1. The fourth-order valence-electron chi connectivity index (χ4n) is 2.21. The normalized spacial score (nSPS) is 21.8. The van der Waals surface area contributed by atoms with E-state index in [0.29, 0.717) is 5.92 Å². The van der Waals surface area contributed by atoms with Crippen LogP contribution >= 0.6 is 0 Å². The lowest BCUT2D eigenvalue weighted by molar-refractivity contribution is 0.158. The zero-order valence-corrected chi connectivity index (χ0v) is 10.0. The molecule has 1 aromatic heterocycles. The molecule has 1 aliphatic heterocycles. The molecule has 16 heavy (non-hydrogen) atoms. The topological polar surface area (TPSA) is 66.0 Å². The zero-order valence-electron chi connectivity index (χ0n) is 10.0. The molecule has 0 spiro atoms. The van der Waals surface area contributed by atoms with Gasteiger partial charge < -0.3 is 15.0 Å². The number of nitrogens with two attached hydrogens (primary N) is 1. The molecule has 5 heteroatoms. The molecule has 5 nitrogen and oxygen atoms in total. The molecule has 2 rings (SSSR count). The molecular formula is C11H20N4O. The van der Waals surface area contributed by atoms with Crippen molar-refractivity contribution in [1.29, 1.82) is 0 Å². The maximum absolute atomic E-state index is 5.97. The summed E-state index contributed by atoms with van der Waals surface area (Å²) in [6.07, 6.45) is 2.88. The number of aryl methyl sites for hydroxylation is 1. The van der Waals surface area contributed by atoms with Crippen LogP contribution in [0.3, 0.4) is 0 Å². The smallest absolute Gasteiger partial charge is 0.133 e. The predicted octanol–water partition coefficient (Wildman–Crippen LogP) is 0.377. The van der Waals surface area contributed by atoms with Crippen molar-refractivity contribution in [2.24, 2.45) is 11.7 Å². The number of aromatic nitrogens is 3. The molecule has 2 unspecified atom stereocenters. The third-order valence-corrected chi connectivity index (χ3v) is 3.04. The van der Waals surface area contributed by atoms with Crippen molar-refractivity contribution in [3.8, 4) is 0 Å². The molecule has 2 heterocycles. The highest BCUT2D eigenvalue weighted by Crippen LogP contribution is 2.16. The summed E-state index contributed by atoms with van der Waals surface area (Å²) in [5.74, 6) is 2.60. The summed E-state index contributed by atoms with van der Waals surface area (Å²) in [6, 6.07) is 0.250. The molecule has 0 saturated heterocycles. The van der Waals surface area contributed by atoms with E-state index in [-0.39, 0.29) is 6.04 Å². The van der Waals surface area contributed by atoms with E-state index in [0.717, 1.165) is 44.1 Å². The number of ether oxygens (including phenoxy) is 1. The molecule has 0 aliphatic carbocycles. The van der Waals surface area contributed by atoms with Crippen LogP contribution in [0.2, 0.25) is 0 Å². The minimum absolute atomic E-state index is 0.250. The SMILES string of the molecule is COCC(C)Cc1nnc2n1CC(N)CC2. The zero-order chi connectivity index (χ0) is 11.5. The fourth-order valence-corrected chi connectivity index (χ4v) is 2.21. The van der Waals surface area contributed by atoms with Crippen LogP contribution in [-0.4, -0.2) is 34.5 Å². The molecule has 2 atom stereocenters. The van der Waals surface area contributed by atoms with Crippen molar-refractivity contribution in [1.82, 2.24) is 14.8 Å². The molecule has 0 aromatic carbocycles. The molecule has 0 amide bonds. The van der Waals surface area contributed by atoms with Gasteiger partial charge in [0.15, 0.2) is 0 Å². The Morgan fingerprint density at radius 2 is 2.38 bits per heavy atom. The maximum atomic E-state index is 5.97. The Hall–Kier alpha value is -0.940. The first-order chi connectivity index (χ1) is 7.70. The minimum Gasteiger partial charge on any atom is -0.384 e. The highest BCUT2D eigenvalue weighted by atomic mass is 16.5. The summed E-state index contributed by atoms with van der Waals surface area (Å²) in [7, 11) is 1.73. The van der Waals surface area contributed by atoms with Gasteiger partial charge in [-0.3, -0.25) is 0 Å². The highest BCUT2D eigenvalue weighted by Gasteiger charge is 2.21. The Kier molecular flexibility index (Phi) is 3.56. The summed E-state index contributed by atoms with van der Waals surface area (Å²) in [6.45, 7) is 3.78. The van der Waals surface area contributed by atoms with Crippen LogP contribution in [-0.2, 0) is 24.1 Å². The van der Waals surface area contributed by atoms with Gasteiger partial charge in [0.05, 0.1) is 0 Å². The summed E-state index contributed by atoms with van der Waals surface area (Å²) in [4.78, 5) is 0. The molecule has 90 valence electrons. The molecule has 0 saturated carbocycles. The summed E-state index contributed by atoms with van der Waals surface area (Å²) >= 11 is 0. The molecule has 2 N–H and O–H groups in total. The molecular weight excluding hydrogens is 204 g/mol. The fraction of sp³-hybridized carbons (Fsp3) is 0.818. The van der Waals surface area contributed by atoms with Crippen molar-refractivity contribution in [2.45, 2.75) is 38.8 Å². The van der Waals surface area contributed by atoms with Crippen LogP contribution in [0.25, 0.3) is 0 Å². The number of hydrogen-bond donors (Lipinski definition) is 1. The summed E-state index contributed by atoms with van der Waals surface area (Å²) < 4.78 is 7.32. The second-order valence-corrected chi connectivity index (χ2v) is 4.71. The number of hydrogen-bond acceptors (Lipinski definition) is 4. The lowest BCUT2D eigenvalue weighted by Gasteiger charge is -2.21. The maximum Gasteiger partial charge on any atom is 0.133 e. The van der Waals surface area contributed by atoms with E-state index < -0.39 is 0 Å². The number of methoxy groups -OCH3 is 1. The van der Waals surface area contributed by atoms with E-state index in [4.69, 9.17) is 10.5 Å². The van der Waals surface area contributed by atoms with Crippen LogP contribution in [0.5, 0.6) is 0 Å². The van der Waals surface area contributed by atoms with Crippen molar-refractivity contribution < 1.29 is 4.74 Å². The number of fused-ring (bicyclic) bond motifs is 1. The first-order valence-corrected chi connectivity index (χ1v) is 5.86. The Balaban J connectivity index is 2.07. The van der Waals surface area contributed by atoms with E-state index >= 15 is 0 Å². The Morgan fingerprint density at radius 1 is 1.56 bits per heavy atom. The Morgan fingerprint density at radius 3 is 3.12 bits per heavy atom. The van der Waals surface area contributed by atoms with Gasteiger partial charge in [-0.1, -0.05) is 6.92 Å². The van der Waals surface area contributed by atoms with E-state index in [1.165, 1.54) is 0 Å². The van der Waals surface area contributed by atoms with Gasteiger partial charge in [0.25, 0.3) is 0 Å². The van der Waals surface area contributed by atoms with Gasteiger partial charge in [-0.2, -0.15) is 0 Å². The lowest BCUT2D eigenvalue weighted by Crippen LogP contribution is -2.33. The van der Waals surface area contributed by atoms with Crippen LogP contribution in [0.4, 0.5) is 0 Å². The Labute approximate surface area is 96.0 Å². The average Bonchev–Trinajstić information content (AvgIpc) is 2.61. The van der Waals surface area contributed by atoms with Gasteiger partial charge >= 0.3 is 0 Å². The van der Waals surface area contributed by atoms with Crippen LogP contribution in [0.15, 0.2) is 0 Å². The average molecular weight is 224 g/mol. The summed E-state index contributed by atoms with van der Waals surface area (Å²) in [5.41, 5.74) is 5.97. The van der Waals surface area contributed by atoms with Gasteiger partial charge in [-0.15, -0.1) is 10.2 Å². The quantitative estimate of drug-likeness (QED) is 0.802. The second kappa shape index (κ2) is 4.93. The third-order valence-electron chi connectivity index (χ3n) is 3.04. The van der Waals surface area contributed by atoms with Gasteiger partial charge in [0.2, 0.25) is 0 Å². The van der Waals surface area contributed by atoms with Gasteiger partial charge in [0, 0.05) is 39.1 Å². The van der Waals surface area contributed by atoms with Gasteiger partial charge in [0.1, 0.15) is 11.6 Å². The van der Waals surface area contributed by atoms with E-state index in [9.17, 15) is 0 Å². The van der Waals surface area contributed by atoms with Crippen LogP contribution in [0, 0.1) is 5.92 Å². The van der Waals surface area contributed by atoms with Crippen molar-refractivity contribution in [3.63, 3.8) is 0 Å². The van der Waals surface area contributed by atoms with Gasteiger partial charge in [-0.25, -0.2) is 0 Å². The van der Waals surface area contributed by atoms with Gasteiger partial charge in [-0.05, 0) is 12.3 Å². The van der Waals surface area contributed by atoms with E-state index in [1.807, 2.05) is 0 Å². The van der Waals surface area contributed by atoms with Crippen molar-refractivity contribution in [2.75, 3.05) is 13.7 Å². The van der Waals surface area contributed by atoms with Crippen LogP contribution in [0.1, 0.15) is 25.0 Å². The third kappa shape index (κ3) is 2.41. The first kappa shape index (κ1) is 11.5. The van der Waals surface area contributed by atoms with Crippen molar-refractivity contribution in [3.05, 3.63) is 11.6 Å². The van der Waals surface area contributed by atoms with E-state index in [1.54, 1.807) is 7.11 Å². The summed E-state index contributed by atoms with van der Waals surface area (Å²) in [5, 5.41) is 8.48. The van der Waals surface area contributed by atoms with E-state index in [2.05, 4.69) is 21.7 Å². The monoisotopic (exact) mass is 224 g/mol. The molecule has 0 bridgehead atoms. The second-order valence-electron chi connectivity index (χ2n) is 4.71. The minimum atomic E-state index is 0.250. The largest absolute Gasteiger partial charge is 0.384 e. The first-order valence-electron chi connectivity index (χ1n) is 5.86. The standard InChI is InChI=1S/C11H20N4O/c1-8(7-16-2)5-11-14-13-10-4-3-9(12)6-15(10)11/h8-9H,3-7,12H2,1-2H3. The molecule has 1 aliphatic rings. The van der Waals surface area contributed by atoms with Crippen LogP contribution < -0.4 is 5.73 Å². The Bertz CT molecular complexity index is 350. The van der Waals surface area contributed by atoms with Crippen molar-refractivity contribution >= 4 is 0 Å². The number of nitrogens with zero attached hydrogens (tertiary/aromatic N) is 3. The molecule has 0 radical (unpaired) electrons. The highest BCUT2D eigenvalue weighted by molar-refractivity contribution is 5.01. The predicted molar refractivity (Wildman–Crippen MR) is 61.1 cm³/mol. The number of rotatable bonds is 4. The molecule has 1 aromatic rings.